The molecule has 0 spiro atoms. The van der Waals surface area contributed by atoms with Gasteiger partial charge in [0.05, 0.1) is 6.61 Å². The van der Waals surface area contributed by atoms with Gasteiger partial charge in [0.25, 0.3) is 0 Å². The Balaban J connectivity index is 0.00000904. The summed E-state index contributed by atoms with van der Waals surface area (Å²) in [6, 6.07) is 0. The Morgan fingerprint density at radius 3 is 1.91 bits per heavy atom. The van der Waals surface area contributed by atoms with Crippen LogP contribution in [0.25, 0.3) is 0 Å². The van der Waals surface area contributed by atoms with Crippen LogP contribution in [-0.2, 0) is 14.3 Å². The highest BCUT2D eigenvalue weighted by atomic mass is 32.1. The fourth-order valence-corrected chi connectivity index (χ4v) is 5.33. The number of hydrogen-bond donors (Lipinski definition) is 3. The molecule has 0 radical (unpaired) electrons. The number of ether oxygens (including phenoxy) is 2. The molecule has 0 aliphatic heterocycles. The molecule has 256 valence electrons. The van der Waals surface area contributed by atoms with E-state index >= 15 is 0 Å². The Bertz CT molecular complexity index is 828. The molecule has 0 fully saturated rings. The number of aliphatic hydroxyl groups is 1. The Hall–Kier alpha value is -1.64. The second-order valence-electron chi connectivity index (χ2n) is 11.9. The molecule has 0 bridgehead atoms. The van der Waals surface area contributed by atoms with E-state index in [2.05, 4.69) is 43.2 Å². The van der Waals surface area contributed by atoms with Gasteiger partial charge in [-0.2, -0.15) is 0 Å². The van der Waals surface area contributed by atoms with Gasteiger partial charge in [-0.05, 0) is 57.5 Å². The molecule has 0 amide bonds. The third kappa shape index (κ3) is 22.8. The molecule has 1 unspecified atom stereocenters. The van der Waals surface area contributed by atoms with Crippen molar-refractivity contribution < 1.29 is 19.4 Å². The zero-order valence-electron chi connectivity index (χ0n) is 29.0. The molecule has 0 saturated heterocycles. The number of thiol groups is 1. The van der Waals surface area contributed by atoms with Crippen molar-refractivity contribution in [2.75, 3.05) is 27.3 Å². The zero-order valence-corrected chi connectivity index (χ0v) is 29.9. The van der Waals surface area contributed by atoms with E-state index in [4.69, 9.17) is 20.0 Å². The molecule has 0 aromatic heterocycles. The number of nitrogens with zero attached hydrogens (tertiary/aromatic N) is 2. The SMILES string of the molecule is CCCCCCCCCCCCCCCC(=O)OC(CC)N(C)CC(=C\CC1=CC1)/C(=N/S)C(=N)OCCCCCC.CO. The number of carbonyl (C=O) groups is 1. The predicted molar refractivity (Wildman–Crippen MR) is 191 cm³/mol. The molecule has 0 aromatic carbocycles. The van der Waals surface area contributed by atoms with E-state index in [0.29, 0.717) is 31.7 Å². The summed E-state index contributed by atoms with van der Waals surface area (Å²) in [4.78, 5) is 14.7. The summed E-state index contributed by atoms with van der Waals surface area (Å²) in [6.07, 6.45) is 28.2. The highest BCUT2D eigenvalue weighted by Crippen LogP contribution is 2.24. The molecule has 0 saturated carbocycles. The van der Waals surface area contributed by atoms with Crippen molar-refractivity contribution in [1.82, 2.24) is 4.90 Å². The number of hydrogen-bond acceptors (Lipinski definition) is 8. The van der Waals surface area contributed by atoms with Crippen LogP contribution in [-0.4, -0.2) is 61.1 Å². The van der Waals surface area contributed by atoms with Crippen molar-refractivity contribution in [2.45, 2.75) is 162 Å². The minimum atomic E-state index is -0.326. The third-order valence-electron chi connectivity index (χ3n) is 7.98. The van der Waals surface area contributed by atoms with Crippen LogP contribution in [0.4, 0.5) is 0 Å². The van der Waals surface area contributed by atoms with Gasteiger partial charge < -0.3 is 14.6 Å². The Morgan fingerprint density at radius 2 is 1.43 bits per heavy atom. The van der Waals surface area contributed by atoms with E-state index in [-0.39, 0.29) is 18.1 Å². The number of aliphatic hydroxyl groups excluding tert-OH is 1. The molecule has 1 aliphatic carbocycles. The van der Waals surface area contributed by atoms with Crippen LogP contribution >= 0.6 is 12.8 Å². The molecule has 7 nitrogen and oxygen atoms in total. The topological polar surface area (TPSA) is 95.2 Å². The average molecular weight is 638 g/mol. The normalized spacial score (nSPS) is 13.7. The summed E-state index contributed by atoms with van der Waals surface area (Å²) >= 11 is 4.19. The summed E-state index contributed by atoms with van der Waals surface area (Å²) in [7, 11) is 2.96. The van der Waals surface area contributed by atoms with Gasteiger partial charge in [-0.1, -0.05) is 135 Å². The van der Waals surface area contributed by atoms with Gasteiger partial charge in [0.15, 0.2) is 6.23 Å². The number of nitrogens with one attached hydrogen (secondary N) is 1. The van der Waals surface area contributed by atoms with E-state index in [0.717, 1.165) is 51.2 Å². The van der Waals surface area contributed by atoms with Gasteiger partial charge >= 0.3 is 5.97 Å². The number of esters is 1. The minimum absolute atomic E-state index is 0.0541. The fraction of sp³-hybridized carbons (Fsp3) is 0.806. The first kappa shape index (κ1) is 42.4. The summed E-state index contributed by atoms with van der Waals surface area (Å²) in [5, 5.41) is 15.5. The molecule has 0 aromatic rings. The summed E-state index contributed by atoms with van der Waals surface area (Å²) in [5.41, 5.74) is 2.72. The smallest absolute Gasteiger partial charge is 0.307 e. The van der Waals surface area contributed by atoms with Gasteiger partial charge in [0.2, 0.25) is 5.90 Å². The van der Waals surface area contributed by atoms with Crippen molar-refractivity contribution in [3.05, 3.63) is 23.3 Å². The van der Waals surface area contributed by atoms with E-state index in [1.54, 1.807) is 0 Å². The lowest BCUT2D eigenvalue weighted by atomic mass is 10.0. The van der Waals surface area contributed by atoms with Crippen molar-refractivity contribution in [1.29, 1.82) is 5.41 Å². The van der Waals surface area contributed by atoms with Gasteiger partial charge in [-0.15, -0.1) is 0 Å². The quantitative estimate of drug-likeness (QED) is 0.0151. The second kappa shape index (κ2) is 30.0. The van der Waals surface area contributed by atoms with Crippen LogP contribution in [0.15, 0.2) is 27.7 Å². The maximum atomic E-state index is 12.7. The maximum absolute atomic E-state index is 12.7. The second-order valence-corrected chi connectivity index (χ2v) is 12.1. The lowest BCUT2D eigenvalue weighted by Crippen LogP contribution is -2.38. The lowest BCUT2D eigenvalue weighted by molar-refractivity contribution is -0.158. The number of carbonyl (C=O) groups excluding carboxylic acids is 1. The largest absolute Gasteiger partial charge is 0.477 e. The summed E-state index contributed by atoms with van der Waals surface area (Å²) in [6.45, 7) is 7.49. The molecular formula is C36H67N3O4S. The van der Waals surface area contributed by atoms with Gasteiger partial charge in [0, 0.05) is 20.1 Å². The van der Waals surface area contributed by atoms with Crippen LogP contribution in [0.2, 0.25) is 0 Å². The molecule has 1 rings (SSSR count). The number of allylic oxidation sites excluding steroid dienone is 3. The molecule has 2 N–H and O–H groups in total. The first-order valence-electron chi connectivity index (χ1n) is 17.6. The average Bonchev–Trinajstić information content (AvgIpc) is 3.86. The predicted octanol–water partition coefficient (Wildman–Crippen LogP) is 9.79. The lowest BCUT2D eigenvalue weighted by Gasteiger charge is -2.28. The summed E-state index contributed by atoms with van der Waals surface area (Å²) in [5.74, 6) is -0.0740. The van der Waals surface area contributed by atoms with Crippen LogP contribution in [0.1, 0.15) is 156 Å². The third-order valence-corrected chi connectivity index (χ3v) is 8.18. The van der Waals surface area contributed by atoms with E-state index < -0.39 is 0 Å². The van der Waals surface area contributed by atoms with Gasteiger partial charge in [0.1, 0.15) is 5.71 Å². The fourth-order valence-electron chi connectivity index (χ4n) is 5.11. The molecule has 1 aliphatic rings. The van der Waals surface area contributed by atoms with Gasteiger partial charge in [-0.3, -0.25) is 15.1 Å². The Morgan fingerprint density at radius 1 is 0.932 bits per heavy atom. The van der Waals surface area contributed by atoms with Crippen LogP contribution in [0, 0.1) is 5.41 Å². The van der Waals surface area contributed by atoms with Crippen LogP contribution < -0.4 is 0 Å². The maximum Gasteiger partial charge on any atom is 0.307 e. The summed E-state index contributed by atoms with van der Waals surface area (Å²) < 4.78 is 15.8. The monoisotopic (exact) mass is 637 g/mol. The first-order valence-corrected chi connectivity index (χ1v) is 18.0. The standard InChI is InChI=1S/C35H63N3O3S.CH4O/c1-5-8-10-12-13-14-15-16-17-18-19-20-21-23-33(39)41-32(7-3)38(4)29-31(27-26-30-24-25-30)34(37-42)35(36)40-28-22-11-9-6-2;1-2/h24,27,32,36,42H,5-23,25-26,28-29H2,1-4H3;2H,1H3/b31-27+,36-35?,37-34-;. The van der Waals surface area contributed by atoms with Crippen molar-refractivity contribution in [3.8, 4) is 0 Å². The molecule has 8 heteroatoms. The van der Waals surface area contributed by atoms with Crippen molar-refractivity contribution in [2.24, 2.45) is 4.40 Å². The Labute approximate surface area is 276 Å². The highest BCUT2D eigenvalue weighted by molar-refractivity contribution is 7.79. The van der Waals surface area contributed by atoms with Crippen LogP contribution in [0.3, 0.4) is 0 Å². The zero-order chi connectivity index (χ0) is 32.8. The number of rotatable bonds is 28. The van der Waals surface area contributed by atoms with E-state index in [1.165, 1.54) is 89.0 Å². The van der Waals surface area contributed by atoms with Gasteiger partial charge in [-0.25, -0.2) is 4.40 Å². The number of likely N-dealkylation sites (N-methyl/N-ethyl adjacent to an activating group) is 1. The molecule has 0 heterocycles. The number of unbranched alkanes of at least 4 members (excludes halogenated alkanes) is 15. The highest BCUT2D eigenvalue weighted by Gasteiger charge is 2.23. The Kier molecular flexibility index (Phi) is 28.9. The van der Waals surface area contributed by atoms with E-state index in [1.807, 2.05) is 18.9 Å². The molecule has 44 heavy (non-hydrogen) atoms. The van der Waals surface area contributed by atoms with Crippen molar-refractivity contribution >= 4 is 30.4 Å². The molecule has 1 atom stereocenters. The van der Waals surface area contributed by atoms with Crippen LogP contribution in [0.5, 0.6) is 0 Å². The van der Waals surface area contributed by atoms with E-state index in [9.17, 15) is 4.79 Å². The molecular weight excluding hydrogens is 570 g/mol. The van der Waals surface area contributed by atoms with Crippen molar-refractivity contribution in [3.63, 3.8) is 0 Å². The minimum Gasteiger partial charge on any atom is -0.477 e. The first-order chi connectivity index (χ1) is 21.5.